The molecular weight excluding hydrogens is 541 g/mol. The molecule has 0 radical (unpaired) electrons. The second-order valence-corrected chi connectivity index (χ2v) is 6.95. The van der Waals surface area contributed by atoms with Crippen molar-refractivity contribution in [2.75, 3.05) is 0 Å². The Bertz CT molecular complexity index is 828. The maximum Gasteiger partial charge on any atom is 0.210 e. The quantitative estimate of drug-likeness (QED) is 0.461. The van der Waals surface area contributed by atoms with E-state index in [1.165, 1.54) is 4.80 Å². The molecule has 2 heterocycles. The highest BCUT2D eigenvalue weighted by atomic mass is 127. The van der Waals surface area contributed by atoms with Gasteiger partial charge in [0.25, 0.3) is 0 Å². The minimum absolute atomic E-state index is 0.524. The van der Waals surface area contributed by atoms with E-state index in [0.29, 0.717) is 21.6 Å². The number of tetrazole rings is 1. The van der Waals surface area contributed by atoms with Gasteiger partial charge >= 0.3 is 0 Å². The van der Waals surface area contributed by atoms with Crippen LogP contribution in [0.4, 0.5) is 0 Å². The number of nitrogens with zero attached hydrogens (tertiary/aromatic N) is 6. The molecule has 1 aromatic carbocycles. The van der Waals surface area contributed by atoms with Gasteiger partial charge < -0.3 is 0 Å². The summed E-state index contributed by atoms with van der Waals surface area (Å²) < 4.78 is 3.33. The first kappa shape index (κ1) is 15.4. The number of halogens is 4. The standard InChI is InChI=1S/C11H6Cl2I2N6/c1-20-18-11(16-19-20)8-9(14)17-21(10(8)15)7-4-5(12)2-3-6(7)13/h2-4H,1H3. The van der Waals surface area contributed by atoms with Gasteiger partial charge in [0, 0.05) is 5.02 Å². The molecule has 0 spiro atoms. The van der Waals surface area contributed by atoms with Crippen molar-refractivity contribution in [1.82, 2.24) is 30.0 Å². The summed E-state index contributed by atoms with van der Waals surface area (Å²) in [4.78, 5) is 1.41. The normalized spacial score (nSPS) is 11.1. The van der Waals surface area contributed by atoms with E-state index in [1.807, 2.05) is 0 Å². The van der Waals surface area contributed by atoms with Crippen LogP contribution in [0.5, 0.6) is 0 Å². The summed E-state index contributed by atoms with van der Waals surface area (Å²) in [5.41, 5.74) is 1.53. The minimum atomic E-state index is 0.524. The number of hydrogen-bond donors (Lipinski definition) is 0. The molecule has 3 aromatic rings. The predicted molar refractivity (Wildman–Crippen MR) is 96.8 cm³/mol. The monoisotopic (exact) mass is 546 g/mol. The van der Waals surface area contributed by atoms with Crippen LogP contribution in [-0.4, -0.2) is 30.0 Å². The Balaban J connectivity index is 2.20. The molecule has 0 aliphatic heterocycles. The average Bonchev–Trinajstić information content (AvgIpc) is 2.96. The van der Waals surface area contributed by atoms with Crippen molar-refractivity contribution in [2.24, 2.45) is 7.05 Å². The van der Waals surface area contributed by atoms with Crippen molar-refractivity contribution < 1.29 is 0 Å². The first-order chi connectivity index (χ1) is 9.97. The van der Waals surface area contributed by atoms with E-state index >= 15 is 0 Å². The van der Waals surface area contributed by atoms with Crippen LogP contribution in [0.15, 0.2) is 18.2 Å². The Hall–Kier alpha value is -0.460. The predicted octanol–water partition coefficient (Wildman–Crippen LogP) is 3.58. The van der Waals surface area contributed by atoms with E-state index in [2.05, 4.69) is 65.7 Å². The SMILES string of the molecule is Cn1nnc(-c2c(I)nn(-c3cc(Cl)ccc3Cl)c2I)n1. The van der Waals surface area contributed by atoms with Gasteiger partial charge in [-0.3, -0.25) is 0 Å². The summed E-state index contributed by atoms with van der Waals surface area (Å²) in [5, 5.41) is 17.8. The molecule has 0 fully saturated rings. The van der Waals surface area contributed by atoms with Crippen LogP contribution in [0, 0.1) is 7.40 Å². The van der Waals surface area contributed by atoms with Gasteiger partial charge in [-0.1, -0.05) is 23.2 Å². The van der Waals surface area contributed by atoms with E-state index in [9.17, 15) is 0 Å². The fourth-order valence-corrected chi connectivity index (χ4v) is 4.21. The van der Waals surface area contributed by atoms with Gasteiger partial charge in [-0.25, -0.2) is 4.68 Å². The number of aromatic nitrogens is 6. The summed E-state index contributed by atoms with van der Waals surface area (Å²) in [6.07, 6.45) is 0. The second-order valence-electron chi connectivity index (χ2n) is 4.07. The molecular formula is C11H6Cl2I2N6. The van der Waals surface area contributed by atoms with Crippen molar-refractivity contribution in [2.45, 2.75) is 0 Å². The highest BCUT2D eigenvalue weighted by Crippen LogP contribution is 2.32. The Morgan fingerprint density at radius 2 is 1.90 bits per heavy atom. The van der Waals surface area contributed by atoms with Crippen LogP contribution in [0.2, 0.25) is 10.0 Å². The van der Waals surface area contributed by atoms with Crippen molar-refractivity contribution in [3.8, 4) is 17.1 Å². The van der Waals surface area contributed by atoms with Crippen LogP contribution < -0.4 is 0 Å². The fourth-order valence-electron chi connectivity index (χ4n) is 1.75. The fraction of sp³-hybridized carbons (Fsp3) is 0.0909. The molecule has 0 saturated heterocycles. The molecule has 3 rings (SSSR count). The van der Waals surface area contributed by atoms with Crippen LogP contribution in [0.25, 0.3) is 17.1 Å². The van der Waals surface area contributed by atoms with Crippen molar-refractivity contribution in [3.05, 3.63) is 35.6 Å². The third kappa shape index (κ3) is 2.90. The van der Waals surface area contributed by atoms with Gasteiger partial charge in [0.2, 0.25) is 5.82 Å². The maximum atomic E-state index is 6.24. The highest BCUT2D eigenvalue weighted by Gasteiger charge is 2.21. The average molecular weight is 547 g/mol. The molecule has 0 unspecified atom stereocenters. The summed E-state index contributed by atoms with van der Waals surface area (Å²) in [6, 6.07) is 5.24. The van der Waals surface area contributed by atoms with E-state index in [1.54, 1.807) is 29.9 Å². The highest BCUT2D eigenvalue weighted by molar-refractivity contribution is 14.1. The summed E-state index contributed by atoms with van der Waals surface area (Å²) in [5.74, 6) is 0.524. The molecule has 10 heteroatoms. The van der Waals surface area contributed by atoms with E-state index in [0.717, 1.165) is 13.0 Å². The zero-order chi connectivity index (χ0) is 15.1. The van der Waals surface area contributed by atoms with Gasteiger partial charge in [0.15, 0.2) is 0 Å². The van der Waals surface area contributed by atoms with E-state index < -0.39 is 0 Å². The van der Waals surface area contributed by atoms with Crippen molar-refractivity contribution in [3.63, 3.8) is 0 Å². The topological polar surface area (TPSA) is 61.4 Å². The summed E-state index contributed by atoms with van der Waals surface area (Å²) in [6.45, 7) is 0. The van der Waals surface area contributed by atoms with Crippen LogP contribution in [0.1, 0.15) is 0 Å². The maximum absolute atomic E-state index is 6.24. The van der Waals surface area contributed by atoms with Crippen LogP contribution >= 0.6 is 68.4 Å². The number of hydrogen-bond acceptors (Lipinski definition) is 4. The van der Waals surface area contributed by atoms with Gasteiger partial charge in [-0.05, 0) is 68.6 Å². The zero-order valence-corrected chi connectivity index (χ0v) is 16.3. The molecule has 0 bridgehead atoms. The number of rotatable bonds is 2. The first-order valence-corrected chi connectivity index (χ1v) is 8.52. The lowest BCUT2D eigenvalue weighted by Crippen LogP contribution is -2.00. The van der Waals surface area contributed by atoms with Crippen LogP contribution in [-0.2, 0) is 7.05 Å². The lowest BCUT2D eigenvalue weighted by Gasteiger charge is -2.06. The minimum Gasteiger partial charge on any atom is -0.224 e. The van der Waals surface area contributed by atoms with E-state index in [4.69, 9.17) is 23.2 Å². The number of benzene rings is 1. The Morgan fingerprint density at radius 1 is 1.14 bits per heavy atom. The molecule has 0 atom stereocenters. The van der Waals surface area contributed by atoms with Crippen LogP contribution in [0.3, 0.4) is 0 Å². The molecule has 0 aliphatic rings. The molecule has 21 heavy (non-hydrogen) atoms. The Morgan fingerprint density at radius 3 is 2.57 bits per heavy atom. The molecule has 6 nitrogen and oxygen atoms in total. The molecule has 108 valence electrons. The number of aryl methyl sites for hydroxylation is 1. The second kappa shape index (κ2) is 5.97. The smallest absolute Gasteiger partial charge is 0.210 e. The Kier molecular flexibility index (Phi) is 4.39. The molecule has 0 amide bonds. The molecule has 0 aliphatic carbocycles. The molecule has 0 saturated carbocycles. The van der Waals surface area contributed by atoms with Gasteiger partial charge in [-0.15, -0.1) is 10.2 Å². The summed E-state index contributed by atoms with van der Waals surface area (Å²) >= 11 is 16.6. The zero-order valence-electron chi connectivity index (χ0n) is 10.4. The van der Waals surface area contributed by atoms with Gasteiger partial charge in [-0.2, -0.15) is 9.90 Å². The van der Waals surface area contributed by atoms with Crippen molar-refractivity contribution >= 4 is 68.4 Å². The lowest BCUT2D eigenvalue weighted by atomic mass is 10.3. The van der Waals surface area contributed by atoms with Gasteiger partial charge in [0.05, 0.1) is 23.3 Å². The summed E-state index contributed by atoms with van der Waals surface area (Å²) in [7, 11) is 1.72. The van der Waals surface area contributed by atoms with Crippen molar-refractivity contribution in [1.29, 1.82) is 0 Å². The third-order valence-corrected chi connectivity index (χ3v) is 4.96. The Labute approximate surface area is 157 Å². The lowest BCUT2D eigenvalue weighted by molar-refractivity contribution is 0.630. The molecule has 0 N–H and O–H groups in total. The van der Waals surface area contributed by atoms with Gasteiger partial charge in [0.1, 0.15) is 7.40 Å². The molecule has 2 aromatic heterocycles. The third-order valence-electron chi connectivity index (χ3n) is 2.65. The first-order valence-electron chi connectivity index (χ1n) is 5.61. The van der Waals surface area contributed by atoms with E-state index in [-0.39, 0.29) is 0 Å². The largest absolute Gasteiger partial charge is 0.224 e.